The summed E-state index contributed by atoms with van der Waals surface area (Å²) in [4.78, 5) is 35.4. The largest absolute Gasteiger partial charge is 0.472 e. The Morgan fingerprint density at radius 2 is 1.16 bits per heavy atom. The lowest BCUT2D eigenvalue weighted by Crippen LogP contribution is -2.37. The second-order valence-corrected chi connectivity index (χ2v) is 17.5. The van der Waals surface area contributed by atoms with Gasteiger partial charge in [0, 0.05) is 12.8 Å². The molecule has 0 amide bonds. The predicted octanol–water partition coefficient (Wildman–Crippen LogP) is 10.4. The summed E-state index contributed by atoms with van der Waals surface area (Å²) in [7, 11) is 1.31. The molecule has 1 unspecified atom stereocenters. The summed E-state index contributed by atoms with van der Waals surface area (Å²) in [6, 6.07) is 0. The number of aliphatic hydroxyl groups excluding tert-OH is 2. The molecule has 0 rings (SSSR count). The first-order valence-corrected chi connectivity index (χ1v) is 23.7. The number of hydrogen-bond donors (Lipinski definition) is 3. The number of carbonyl (C=O) groups is 2. The first-order chi connectivity index (χ1) is 27.8. The van der Waals surface area contributed by atoms with Crippen LogP contribution in [0.2, 0.25) is 0 Å². The van der Waals surface area contributed by atoms with Gasteiger partial charge in [-0.25, -0.2) is 4.57 Å². The van der Waals surface area contributed by atoms with Gasteiger partial charge in [-0.3, -0.25) is 18.6 Å². The first-order valence-electron chi connectivity index (χ1n) is 22.2. The molecule has 0 aliphatic carbocycles. The molecule has 0 aliphatic heterocycles. The molecule has 0 aromatic rings. The average molecular weight is 841 g/mol. The normalized spacial score (nSPS) is 15.2. The van der Waals surface area contributed by atoms with Crippen LogP contribution in [0.15, 0.2) is 60.8 Å². The van der Waals surface area contributed by atoms with Gasteiger partial charge in [0.2, 0.25) is 0 Å². The van der Waals surface area contributed by atoms with Crippen LogP contribution in [0.3, 0.4) is 0 Å². The summed E-state index contributed by atoms with van der Waals surface area (Å²) < 4.78 is 34.1. The van der Waals surface area contributed by atoms with E-state index < -0.39 is 44.7 Å². The van der Waals surface area contributed by atoms with Gasteiger partial charge in [-0.05, 0) is 77.0 Å². The van der Waals surface area contributed by atoms with Crippen molar-refractivity contribution in [2.75, 3.05) is 47.5 Å². The highest BCUT2D eigenvalue weighted by atomic mass is 31.2. The highest BCUT2D eigenvalue weighted by Gasteiger charge is 2.27. The maximum Gasteiger partial charge on any atom is 0.472 e. The van der Waals surface area contributed by atoms with E-state index in [9.17, 15) is 29.3 Å². The lowest BCUT2D eigenvalue weighted by Gasteiger charge is -2.24. The van der Waals surface area contributed by atoms with Gasteiger partial charge in [0.05, 0.1) is 40.0 Å². The van der Waals surface area contributed by atoms with Crippen LogP contribution in [0.25, 0.3) is 0 Å². The van der Waals surface area contributed by atoms with Crippen LogP contribution in [-0.2, 0) is 32.7 Å². The fraction of sp³-hybridized carbons (Fsp3) is 0.739. The van der Waals surface area contributed by atoms with Crippen LogP contribution in [-0.4, -0.2) is 97.3 Å². The Labute approximate surface area is 352 Å². The van der Waals surface area contributed by atoms with Gasteiger partial charge < -0.3 is 29.1 Å². The van der Waals surface area contributed by atoms with Crippen LogP contribution >= 0.6 is 7.82 Å². The fourth-order valence-electron chi connectivity index (χ4n) is 5.62. The van der Waals surface area contributed by atoms with Crippen molar-refractivity contribution in [2.24, 2.45) is 0 Å². The van der Waals surface area contributed by atoms with Crippen LogP contribution in [0.5, 0.6) is 0 Å². The molecule has 3 N–H and O–H groups in total. The summed E-state index contributed by atoms with van der Waals surface area (Å²) in [6.45, 7) is 3.94. The van der Waals surface area contributed by atoms with Crippen molar-refractivity contribution in [3.05, 3.63) is 60.8 Å². The Hall–Kier alpha value is -2.37. The topological polar surface area (TPSA) is 149 Å². The number of allylic oxidation sites excluding steroid dienone is 9. The molecule has 12 heteroatoms. The Kier molecular flexibility index (Phi) is 36.1. The Balaban J connectivity index is 4.62. The number of esters is 2. The van der Waals surface area contributed by atoms with E-state index >= 15 is 0 Å². The molecule has 11 nitrogen and oxygen atoms in total. The molecule has 336 valence electrons. The zero-order chi connectivity index (χ0) is 43.2. The highest BCUT2D eigenvalue weighted by Crippen LogP contribution is 2.43. The SMILES string of the molecule is CC/C=C\C/C=C\C/C=C\C/C=C\C[C@H](O)[C@@H](O)CCCC(=O)OC[C@H](COP(=O)(O)OCC[N+](C)(C)C)OC(=O)CCCCCCC/C=C\CCCCCCCC. The fourth-order valence-corrected chi connectivity index (χ4v) is 6.37. The summed E-state index contributed by atoms with van der Waals surface area (Å²) in [5, 5.41) is 20.7. The van der Waals surface area contributed by atoms with Gasteiger partial charge >= 0.3 is 19.8 Å². The van der Waals surface area contributed by atoms with Crippen LogP contribution < -0.4 is 0 Å². The van der Waals surface area contributed by atoms with E-state index in [1.807, 2.05) is 33.3 Å². The number of carbonyl (C=O) groups excluding carboxylic acids is 2. The van der Waals surface area contributed by atoms with Crippen LogP contribution in [0.1, 0.15) is 155 Å². The number of aliphatic hydroxyl groups is 2. The minimum atomic E-state index is -4.45. The lowest BCUT2D eigenvalue weighted by atomic mass is 10.0. The molecule has 0 radical (unpaired) electrons. The molecule has 0 aliphatic rings. The predicted molar refractivity (Wildman–Crippen MR) is 236 cm³/mol. The number of rotatable bonds is 39. The Bertz CT molecular complexity index is 1210. The molecule has 0 fully saturated rings. The third-order valence-electron chi connectivity index (χ3n) is 9.23. The molecule has 0 saturated carbocycles. The molecule has 0 spiro atoms. The average Bonchev–Trinajstić information content (AvgIpc) is 3.17. The summed E-state index contributed by atoms with van der Waals surface area (Å²) in [5.74, 6) is -1.10. The van der Waals surface area contributed by atoms with Crippen LogP contribution in [0.4, 0.5) is 0 Å². The van der Waals surface area contributed by atoms with Gasteiger partial charge in [0.15, 0.2) is 6.10 Å². The molecule has 0 aromatic carbocycles. The maximum atomic E-state index is 12.7. The number of hydrogen-bond acceptors (Lipinski definition) is 9. The Morgan fingerprint density at radius 3 is 1.74 bits per heavy atom. The zero-order valence-corrected chi connectivity index (χ0v) is 37.9. The summed E-state index contributed by atoms with van der Waals surface area (Å²) in [5.41, 5.74) is 0. The summed E-state index contributed by atoms with van der Waals surface area (Å²) >= 11 is 0. The second-order valence-electron chi connectivity index (χ2n) is 16.0. The van der Waals surface area contributed by atoms with E-state index in [1.54, 1.807) is 0 Å². The molecule has 58 heavy (non-hydrogen) atoms. The van der Waals surface area contributed by atoms with Crippen molar-refractivity contribution in [1.29, 1.82) is 0 Å². The number of ether oxygens (including phenoxy) is 2. The Morgan fingerprint density at radius 1 is 0.621 bits per heavy atom. The third kappa shape index (κ3) is 39.1. The standard InChI is InChI=1S/C46H82NO10P/c1-6-8-10-12-14-16-18-20-21-22-24-26-28-30-32-36-46(51)57-42(41-56-58(52,53)55-39-38-47(3,4)5)40-54-45(50)37-33-35-44(49)43(48)34-31-29-27-25-23-19-17-15-13-11-9-7-2/h9,11,15,17,20-21,23,25,29,31,42-44,48-49H,6-8,10,12-14,16,18-19,22,24,26-28,30,32-41H2,1-5H3/p+1/b11-9-,17-15-,21-20-,25-23-,31-29-/t42-,43+,44+/m1/s1. The molecule has 4 atom stereocenters. The number of likely N-dealkylation sites (N-methyl/N-ethyl adjacent to an activating group) is 1. The van der Waals surface area contributed by atoms with E-state index in [0.717, 1.165) is 64.2 Å². The van der Waals surface area contributed by atoms with E-state index in [0.29, 0.717) is 23.9 Å². The van der Waals surface area contributed by atoms with Crippen molar-refractivity contribution in [2.45, 2.75) is 173 Å². The highest BCUT2D eigenvalue weighted by molar-refractivity contribution is 7.47. The number of phosphoric ester groups is 1. The monoisotopic (exact) mass is 841 g/mol. The van der Waals surface area contributed by atoms with Gasteiger partial charge in [-0.1, -0.05) is 126 Å². The van der Waals surface area contributed by atoms with Crippen molar-refractivity contribution in [3.8, 4) is 0 Å². The third-order valence-corrected chi connectivity index (χ3v) is 10.2. The van der Waals surface area contributed by atoms with Gasteiger partial charge in [-0.2, -0.15) is 0 Å². The maximum absolute atomic E-state index is 12.7. The van der Waals surface area contributed by atoms with Crippen LogP contribution in [0, 0.1) is 0 Å². The van der Waals surface area contributed by atoms with E-state index in [2.05, 4.69) is 62.5 Å². The first kappa shape index (κ1) is 55.6. The quantitative estimate of drug-likeness (QED) is 0.0180. The minimum Gasteiger partial charge on any atom is -0.462 e. The molecular formula is C46H83NO10P+. The smallest absolute Gasteiger partial charge is 0.462 e. The van der Waals surface area contributed by atoms with E-state index in [-0.39, 0.29) is 38.9 Å². The van der Waals surface area contributed by atoms with Gasteiger partial charge in [-0.15, -0.1) is 0 Å². The summed E-state index contributed by atoms with van der Waals surface area (Å²) in [6.07, 6.45) is 37.3. The molecule has 0 bridgehead atoms. The van der Waals surface area contributed by atoms with Crippen molar-refractivity contribution >= 4 is 19.8 Å². The lowest BCUT2D eigenvalue weighted by molar-refractivity contribution is -0.870. The van der Waals surface area contributed by atoms with Crippen molar-refractivity contribution < 1.29 is 52.3 Å². The molecular weight excluding hydrogens is 757 g/mol. The molecule has 0 saturated heterocycles. The van der Waals surface area contributed by atoms with E-state index in [1.165, 1.54) is 38.5 Å². The number of phosphoric acid groups is 1. The van der Waals surface area contributed by atoms with Crippen molar-refractivity contribution in [1.82, 2.24) is 0 Å². The second kappa shape index (κ2) is 37.6. The van der Waals surface area contributed by atoms with Crippen molar-refractivity contribution in [3.63, 3.8) is 0 Å². The number of nitrogens with zero attached hydrogens (tertiary/aromatic N) is 1. The molecule has 0 heterocycles. The number of unbranched alkanes of at least 4 members (excludes halogenated alkanes) is 11. The molecule has 0 aromatic heterocycles. The van der Waals surface area contributed by atoms with Gasteiger partial charge in [0.1, 0.15) is 19.8 Å². The number of quaternary nitrogens is 1. The zero-order valence-electron chi connectivity index (χ0n) is 37.0. The minimum absolute atomic E-state index is 0.0177. The van der Waals surface area contributed by atoms with E-state index in [4.69, 9.17) is 18.5 Å². The van der Waals surface area contributed by atoms with Gasteiger partial charge in [0.25, 0.3) is 0 Å².